The highest BCUT2D eigenvalue weighted by molar-refractivity contribution is 6.35. The molecule has 5 rings (SSSR count). The average molecular weight is 556 g/mol. The van der Waals surface area contributed by atoms with Crippen LogP contribution in [0, 0.1) is 0 Å². The van der Waals surface area contributed by atoms with Crippen molar-refractivity contribution in [2.75, 3.05) is 32.7 Å². The molecule has 2 N–H and O–H groups in total. The first-order valence-electron chi connectivity index (χ1n) is 12.9. The van der Waals surface area contributed by atoms with E-state index < -0.39 is 6.04 Å². The third kappa shape index (κ3) is 5.53. The number of nitrogens with zero attached hydrogens (tertiary/aromatic N) is 3. The molecule has 200 valence electrons. The van der Waals surface area contributed by atoms with E-state index in [1.165, 1.54) is 10.5 Å². The third-order valence-corrected chi connectivity index (χ3v) is 7.98. The van der Waals surface area contributed by atoms with Crippen LogP contribution < -0.4 is 10.6 Å². The first-order valence-corrected chi connectivity index (χ1v) is 13.7. The Labute approximate surface area is 232 Å². The summed E-state index contributed by atoms with van der Waals surface area (Å²) in [6.45, 7) is 5.09. The summed E-state index contributed by atoms with van der Waals surface area (Å²) in [7, 11) is 0. The normalized spacial score (nSPS) is 20.6. The smallest absolute Gasteiger partial charge is 0.322 e. The van der Waals surface area contributed by atoms with Gasteiger partial charge in [-0.3, -0.25) is 19.4 Å². The number of benzene rings is 2. The second-order valence-corrected chi connectivity index (χ2v) is 10.8. The van der Waals surface area contributed by atoms with E-state index in [4.69, 9.17) is 23.2 Å². The monoisotopic (exact) mass is 555 g/mol. The van der Waals surface area contributed by atoms with E-state index in [-0.39, 0.29) is 37.0 Å². The number of likely N-dealkylation sites (N-methyl/N-ethyl adjacent to an activating group) is 1. The van der Waals surface area contributed by atoms with Gasteiger partial charge in [-0.2, -0.15) is 0 Å². The number of piperidine rings is 1. The number of amides is 4. The molecular formula is C28H31Cl2N5O3. The summed E-state index contributed by atoms with van der Waals surface area (Å²) in [5.41, 5.74) is 2.93. The molecule has 1 fully saturated rings. The number of hydrogen-bond donors (Lipinski definition) is 2. The Hall–Kier alpha value is -3.07. The van der Waals surface area contributed by atoms with Crippen molar-refractivity contribution in [2.45, 2.75) is 38.4 Å². The van der Waals surface area contributed by atoms with Gasteiger partial charge in [0.25, 0.3) is 5.91 Å². The van der Waals surface area contributed by atoms with Gasteiger partial charge >= 0.3 is 6.03 Å². The summed E-state index contributed by atoms with van der Waals surface area (Å²) in [6.07, 6.45) is 1.72. The Morgan fingerprint density at radius 1 is 1.08 bits per heavy atom. The molecule has 0 saturated carbocycles. The summed E-state index contributed by atoms with van der Waals surface area (Å²) in [5, 5.41) is 6.85. The Kier molecular flexibility index (Phi) is 7.93. The fourth-order valence-electron chi connectivity index (χ4n) is 5.50. The second-order valence-electron chi connectivity index (χ2n) is 9.92. The van der Waals surface area contributed by atoms with Crippen molar-refractivity contribution in [1.29, 1.82) is 0 Å². The quantitative estimate of drug-likeness (QED) is 0.541. The van der Waals surface area contributed by atoms with Crippen molar-refractivity contribution >= 4 is 41.0 Å². The van der Waals surface area contributed by atoms with E-state index in [9.17, 15) is 14.4 Å². The largest absolute Gasteiger partial charge is 0.352 e. The molecule has 0 bridgehead atoms. The molecule has 1 saturated heterocycles. The molecule has 0 aliphatic carbocycles. The van der Waals surface area contributed by atoms with Crippen LogP contribution in [0.25, 0.3) is 0 Å². The van der Waals surface area contributed by atoms with Gasteiger partial charge in [0.2, 0.25) is 5.91 Å². The van der Waals surface area contributed by atoms with E-state index in [0.29, 0.717) is 33.4 Å². The lowest BCUT2D eigenvalue weighted by Crippen LogP contribution is -2.47. The van der Waals surface area contributed by atoms with Gasteiger partial charge in [0.05, 0.1) is 23.9 Å². The summed E-state index contributed by atoms with van der Waals surface area (Å²) in [5.74, 6) is -0.467. The van der Waals surface area contributed by atoms with Gasteiger partial charge in [0.15, 0.2) is 0 Å². The topological polar surface area (TPSA) is 85.0 Å². The maximum Gasteiger partial charge on any atom is 0.322 e. The van der Waals surface area contributed by atoms with Crippen LogP contribution in [0.5, 0.6) is 0 Å². The number of likely N-dealkylation sites (tertiary alicyclic amines) is 1. The molecule has 4 amide bonds. The molecule has 3 heterocycles. The molecule has 8 nitrogen and oxygen atoms in total. The molecule has 2 aromatic rings. The van der Waals surface area contributed by atoms with Crippen molar-refractivity contribution in [3.8, 4) is 0 Å². The molecule has 10 heteroatoms. The van der Waals surface area contributed by atoms with Gasteiger partial charge in [-0.1, -0.05) is 59.6 Å². The highest BCUT2D eigenvalue weighted by Gasteiger charge is 2.44. The lowest BCUT2D eigenvalue weighted by atomic mass is 9.95. The summed E-state index contributed by atoms with van der Waals surface area (Å²) < 4.78 is 0. The third-order valence-electron chi connectivity index (χ3n) is 7.42. The molecular weight excluding hydrogens is 525 g/mol. The minimum Gasteiger partial charge on any atom is -0.352 e. The first-order chi connectivity index (χ1) is 18.3. The number of hydrogen-bond acceptors (Lipinski definition) is 4. The summed E-state index contributed by atoms with van der Waals surface area (Å²) in [4.78, 5) is 44.8. The number of halogens is 2. The minimum absolute atomic E-state index is 0.0666. The highest BCUT2D eigenvalue weighted by Crippen LogP contribution is 2.39. The number of nitrogens with one attached hydrogen (secondary N) is 2. The van der Waals surface area contributed by atoms with E-state index in [1.54, 1.807) is 23.1 Å². The summed E-state index contributed by atoms with van der Waals surface area (Å²) in [6, 6.07) is 14.4. The van der Waals surface area contributed by atoms with Crippen molar-refractivity contribution < 1.29 is 14.4 Å². The van der Waals surface area contributed by atoms with Gasteiger partial charge in [0, 0.05) is 42.3 Å². The fraction of sp³-hybridized carbons (Fsp3) is 0.393. The summed E-state index contributed by atoms with van der Waals surface area (Å²) >= 11 is 12.5. The lowest BCUT2D eigenvalue weighted by molar-refractivity contribution is -0.132. The van der Waals surface area contributed by atoms with Crippen molar-refractivity contribution in [3.05, 3.63) is 81.0 Å². The standard InChI is InChI=1S/C28H31Cl2N5O3/c1-2-35-23-16-34(27(37)25(23)26(32-28(35)38)21-9-8-19(29)14-22(21)30)17-24(36)31-20-10-12-33(13-11-20)15-18-6-4-3-5-7-18/h3-9,14,20,26H,2,10-13,15-17H2,1H3,(H,31,36)(H,32,38)/t26-/m0/s1. The van der Waals surface area contributed by atoms with Crippen LogP contribution in [0.3, 0.4) is 0 Å². The zero-order valence-electron chi connectivity index (χ0n) is 21.3. The molecule has 38 heavy (non-hydrogen) atoms. The average Bonchev–Trinajstić information content (AvgIpc) is 3.21. The number of rotatable bonds is 7. The van der Waals surface area contributed by atoms with Crippen molar-refractivity contribution in [3.63, 3.8) is 0 Å². The Morgan fingerprint density at radius 3 is 2.50 bits per heavy atom. The number of urea groups is 1. The molecule has 3 aliphatic heterocycles. The molecule has 0 unspecified atom stereocenters. The van der Waals surface area contributed by atoms with E-state index in [1.807, 2.05) is 25.1 Å². The van der Waals surface area contributed by atoms with Gasteiger partial charge in [-0.05, 0) is 43.0 Å². The Bertz CT molecular complexity index is 1260. The van der Waals surface area contributed by atoms with E-state index >= 15 is 0 Å². The van der Waals surface area contributed by atoms with Crippen LogP contribution in [-0.2, 0) is 16.1 Å². The van der Waals surface area contributed by atoms with Crippen LogP contribution >= 0.6 is 23.2 Å². The lowest BCUT2D eigenvalue weighted by Gasteiger charge is -2.33. The maximum atomic E-state index is 13.5. The highest BCUT2D eigenvalue weighted by atomic mass is 35.5. The Morgan fingerprint density at radius 2 is 1.82 bits per heavy atom. The van der Waals surface area contributed by atoms with Crippen molar-refractivity contribution in [2.24, 2.45) is 0 Å². The predicted molar refractivity (Wildman–Crippen MR) is 147 cm³/mol. The maximum absolute atomic E-state index is 13.5. The Balaban J connectivity index is 1.22. The zero-order valence-corrected chi connectivity index (χ0v) is 22.8. The van der Waals surface area contributed by atoms with Crippen LogP contribution in [0.1, 0.15) is 36.9 Å². The van der Waals surface area contributed by atoms with Gasteiger partial charge in [0.1, 0.15) is 6.54 Å². The SMILES string of the molecule is CCN1C(=O)N[C@@H](c2ccc(Cl)cc2Cl)C2=C1CN(CC(=O)NC1CCN(Cc3ccccc3)CC1)C2=O. The zero-order chi connectivity index (χ0) is 26.8. The predicted octanol–water partition coefficient (Wildman–Crippen LogP) is 3.96. The van der Waals surface area contributed by atoms with E-state index in [2.05, 4.69) is 27.7 Å². The first kappa shape index (κ1) is 26.5. The molecule has 1 atom stereocenters. The van der Waals surface area contributed by atoms with E-state index in [0.717, 1.165) is 32.5 Å². The molecule has 0 spiro atoms. The molecule has 0 radical (unpaired) electrons. The molecule has 0 aromatic heterocycles. The van der Waals surface area contributed by atoms with Crippen LogP contribution in [0.15, 0.2) is 59.8 Å². The molecule has 3 aliphatic rings. The fourth-order valence-corrected chi connectivity index (χ4v) is 6.02. The van der Waals surface area contributed by atoms with Gasteiger partial charge in [-0.25, -0.2) is 4.79 Å². The van der Waals surface area contributed by atoms with Crippen LogP contribution in [-0.4, -0.2) is 71.3 Å². The number of carbonyl (C=O) groups is 3. The number of carbonyl (C=O) groups excluding carboxylic acids is 3. The molecule has 2 aromatic carbocycles. The second kappa shape index (κ2) is 11.4. The van der Waals surface area contributed by atoms with Gasteiger partial charge in [-0.15, -0.1) is 0 Å². The van der Waals surface area contributed by atoms with Crippen LogP contribution in [0.2, 0.25) is 10.0 Å². The van der Waals surface area contributed by atoms with Crippen molar-refractivity contribution in [1.82, 2.24) is 25.3 Å². The van der Waals surface area contributed by atoms with Gasteiger partial charge < -0.3 is 15.5 Å². The minimum atomic E-state index is -0.709. The van der Waals surface area contributed by atoms with Crippen LogP contribution in [0.4, 0.5) is 4.79 Å².